The molecule has 0 aromatic heterocycles. The Morgan fingerprint density at radius 1 is 1.11 bits per heavy atom. The second-order valence-corrected chi connectivity index (χ2v) is 1.34. The van der Waals surface area contributed by atoms with E-state index in [1.807, 2.05) is 0 Å². The number of hydrogen-bond donors (Lipinski definition) is 0. The van der Waals surface area contributed by atoms with Crippen molar-refractivity contribution in [3.8, 4) is 0 Å². The third-order valence-corrected chi connectivity index (χ3v) is 0. The molecule has 0 rings (SSSR count). The fraction of sp³-hybridized carbons (Fsp3) is 0. The van der Waals surface area contributed by atoms with Crippen molar-refractivity contribution in [3.05, 3.63) is 0 Å². The molecule has 0 aliphatic heterocycles. The minimum atomic E-state index is -5.39. The van der Waals surface area contributed by atoms with E-state index in [0.29, 0.717) is 0 Å². The molecule has 0 aromatic rings. The van der Waals surface area contributed by atoms with E-state index in [1.54, 1.807) is 0 Å². The van der Waals surface area contributed by atoms with Crippen molar-refractivity contribution >= 4 is 30.9 Å². The van der Waals surface area contributed by atoms with Gasteiger partial charge in [0.2, 0.25) is 0 Å². The predicted octanol–water partition coefficient (Wildman–Crippen LogP) is -6.21. The minimum absolute atomic E-state index is 0. The zero-order valence-electron chi connectivity index (χ0n) is 4.52. The van der Waals surface area contributed by atoms with Crippen LogP contribution in [0.15, 0.2) is 0 Å². The van der Waals surface area contributed by atoms with Crippen molar-refractivity contribution in [2.45, 2.75) is 0 Å². The maximum atomic E-state index is 8.55. The van der Waals surface area contributed by atoms with E-state index in [0.717, 1.165) is 0 Å². The molecule has 9 heteroatoms. The molecule has 0 saturated carbocycles. The van der Waals surface area contributed by atoms with Gasteiger partial charge in [-0.3, -0.25) is 0 Å². The zero-order valence-corrected chi connectivity index (χ0v) is 9.11. The van der Waals surface area contributed by atoms with E-state index in [4.69, 9.17) is 19.2 Å². The van der Waals surface area contributed by atoms with Gasteiger partial charge >= 0.3 is 76.1 Å². The Kier molecular flexibility index (Phi) is 43.8. The second-order valence-electron chi connectivity index (χ2n) is 0.447. The van der Waals surface area contributed by atoms with Crippen molar-refractivity contribution in [2.75, 3.05) is 0 Å². The van der Waals surface area contributed by atoms with Crippen molar-refractivity contribution in [2.24, 2.45) is 0 Å². The first-order chi connectivity index (χ1) is 2.00. The summed E-state index contributed by atoms with van der Waals surface area (Å²) in [6.45, 7) is 0. The Labute approximate surface area is 102 Å². The summed E-state index contributed by atoms with van der Waals surface area (Å²) >= 11 is 0. The first kappa shape index (κ1) is 30.0. The Balaban J connectivity index is -0.0000000133. The van der Waals surface area contributed by atoms with Gasteiger partial charge in [-0.25, -0.2) is 0 Å². The molecule has 0 aliphatic rings. The van der Waals surface area contributed by atoms with E-state index in [1.165, 1.54) is 0 Å². The molecule has 0 N–H and O–H groups in total. The Morgan fingerprint density at radius 3 is 1.11 bits per heavy atom. The van der Waals surface area contributed by atoms with Gasteiger partial charge in [0.15, 0.2) is 0 Å². The molecule has 0 unspecified atom stereocenters. The topological polar surface area (TPSA) is 86.2 Å². The van der Waals surface area contributed by atoms with Crippen LogP contribution in [-0.2, 0) is 38.7 Å². The van der Waals surface area contributed by atoms with Crippen LogP contribution in [0.2, 0.25) is 0 Å². The summed E-state index contributed by atoms with van der Waals surface area (Å²) in [7, 11) is -5.39. The van der Waals surface area contributed by atoms with Crippen LogP contribution < -0.4 is 33.5 Å². The molecule has 0 bridgehead atoms. The van der Waals surface area contributed by atoms with Crippen LogP contribution in [0.5, 0.6) is 0 Å². The van der Waals surface area contributed by atoms with Gasteiger partial charge in [0.1, 0.15) is 0 Å². The van der Waals surface area contributed by atoms with E-state index in [9.17, 15) is 0 Å². The normalized spacial score (nSPS) is 6.56. The predicted molar refractivity (Wildman–Crippen MR) is 13.4 cm³/mol. The molecule has 0 spiro atoms. The van der Waals surface area contributed by atoms with Gasteiger partial charge in [-0.1, -0.05) is 0 Å². The average Bonchev–Trinajstić information content (AvgIpc) is 0.722. The molecule has 4 nitrogen and oxygen atoms in total. The molecule has 43 valence electrons. The molecule has 0 amide bonds. The summed E-state index contributed by atoms with van der Waals surface area (Å²) in [5.74, 6) is 0. The fourth-order valence-electron chi connectivity index (χ4n) is 0. The van der Waals surface area contributed by atoms with Crippen LogP contribution in [-0.4, -0.2) is 23.1 Å². The number of phosphoric acid groups is 1. The van der Waals surface area contributed by atoms with E-state index < -0.39 is 7.82 Å². The average molecular weight is 237 g/mol. The maximum Gasteiger partial charge on any atom is 2.00 e. The van der Waals surface area contributed by atoms with Gasteiger partial charge in [-0.05, 0) is 0 Å². The van der Waals surface area contributed by atoms with E-state index in [2.05, 4.69) is 0 Å². The summed E-state index contributed by atoms with van der Waals surface area (Å²) in [5, 5.41) is 0. The third-order valence-electron chi connectivity index (χ3n) is 0. The first-order valence-electron chi connectivity index (χ1n) is 0.730. The fourth-order valence-corrected chi connectivity index (χ4v) is 0. The molecule has 0 heterocycles. The molecule has 9 heavy (non-hydrogen) atoms. The SMILES string of the molecule is O=P([O-])([O-])[O-].[Fe+2].[Li+].[Mg+2].[Mn+2]. The van der Waals surface area contributed by atoms with Gasteiger partial charge in [0, 0.05) is 0 Å². The first-order valence-corrected chi connectivity index (χ1v) is 2.19. The molecule has 1 radical (unpaired) electrons. The van der Waals surface area contributed by atoms with E-state index >= 15 is 0 Å². The van der Waals surface area contributed by atoms with Gasteiger partial charge in [0.25, 0.3) is 0 Å². The minimum Gasteiger partial charge on any atom is -0.822 e. The van der Waals surface area contributed by atoms with E-state index in [-0.39, 0.29) is 76.1 Å². The summed E-state index contributed by atoms with van der Waals surface area (Å²) in [4.78, 5) is 25.6. The molecular weight excluding hydrogens is 237 g/mol. The second kappa shape index (κ2) is 13.1. The Morgan fingerprint density at radius 2 is 1.11 bits per heavy atom. The van der Waals surface area contributed by atoms with Crippen LogP contribution >= 0.6 is 7.82 Å². The summed E-state index contributed by atoms with van der Waals surface area (Å²) in [6.07, 6.45) is 0. The Bertz CT molecular complexity index is 66.7. The molecule has 0 aromatic carbocycles. The Hall–Kier alpha value is 2.51. The van der Waals surface area contributed by atoms with Gasteiger partial charge in [-0.15, -0.1) is 0 Å². The van der Waals surface area contributed by atoms with Gasteiger partial charge in [0.05, 0.1) is 0 Å². The summed E-state index contributed by atoms with van der Waals surface area (Å²) in [5.41, 5.74) is 0. The quantitative estimate of drug-likeness (QED) is 0.310. The zero-order chi connectivity index (χ0) is 4.50. The molecule has 0 fully saturated rings. The molecule has 0 saturated heterocycles. The standard InChI is InChI=1S/Fe.Li.Mg.Mn.H3O4P/c;;;;1-5(2,3)4/h;;;;(H3,1,2,3,4)/q+2;+1;2*+2;/p-3. The summed E-state index contributed by atoms with van der Waals surface area (Å²) in [6, 6.07) is 0. The smallest absolute Gasteiger partial charge is 0.822 e. The van der Waals surface area contributed by atoms with Gasteiger partial charge < -0.3 is 19.2 Å². The van der Waals surface area contributed by atoms with Crippen LogP contribution in [0.3, 0.4) is 0 Å². The van der Waals surface area contributed by atoms with Crippen molar-refractivity contribution < 1.29 is 72.2 Å². The van der Waals surface area contributed by atoms with Crippen LogP contribution in [0.25, 0.3) is 0 Å². The summed E-state index contributed by atoms with van der Waals surface area (Å²) < 4.78 is 8.55. The van der Waals surface area contributed by atoms with Crippen LogP contribution in [0.1, 0.15) is 0 Å². The maximum absolute atomic E-state index is 8.55. The largest absolute Gasteiger partial charge is 2.00 e. The molecule has 0 aliphatic carbocycles. The monoisotopic (exact) mass is 237 g/mol. The molecule has 0 atom stereocenters. The van der Waals surface area contributed by atoms with Crippen molar-refractivity contribution in [1.82, 2.24) is 0 Å². The van der Waals surface area contributed by atoms with Crippen molar-refractivity contribution in [3.63, 3.8) is 0 Å². The number of rotatable bonds is 0. The van der Waals surface area contributed by atoms with Crippen LogP contribution in [0.4, 0.5) is 0 Å². The molecular formula is FeLiMgMnO4P+4. The number of hydrogen-bond acceptors (Lipinski definition) is 4. The van der Waals surface area contributed by atoms with Crippen LogP contribution in [0, 0.1) is 0 Å². The third kappa shape index (κ3) is 121. The van der Waals surface area contributed by atoms with Crippen molar-refractivity contribution in [1.29, 1.82) is 0 Å². The van der Waals surface area contributed by atoms with Gasteiger partial charge in [-0.2, -0.15) is 7.82 Å².